The first-order chi connectivity index (χ1) is 9.04. The summed E-state index contributed by atoms with van der Waals surface area (Å²) < 4.78 is 11.6. The van der Waals surface area contributed by atoms with E-state index in [-0.39, 0.29) is 6.61 Å². The number of methoxy groups -OCH3 is 1. The van der Waals surface area contributed by atoms with Crippen LogP contribution in [0.1, 0.15) is 13.8 Å². The van der Waals surface area contributed by atoms with E-state index in [9.17, 15) is 5.11 Å². The molecule has 2 N–H and O–H groups in total. The second kappa shape index (κ2) is 8.40. The zero-order valence-electron chi connectivity index (χ0n) is 11.6. The van der Waals surface area contributed by atoms with Crippen molar-refractivity contribution in [2.75, 3.05) is 26.8 Å². The number of benzene rings is 1. The fraction of sp³-hybridized carbons (Fsp3) is 0.571. The molecule has 0 bridgehead atoms. The van der Waals surface area contributed by atoms with Gasteiger partial charge >= 0.3 is 0 Å². The van der Waals surface area contributed by atoms with Crippen molar-refractivity contribution in [3.05, 3.63) is 22.7 Å². The Bertz CT molecular complexity index is 385. The SMILES string of the molecule is COc1cccc(Br)c1OCC(O)CNCC(C)C. The van der Waals surface area contributed by atoms with Gasteiger partial charge in [0.1, 0.15) is 12.7 Å². The van der Waals surface area contributed by atoms with Crippen molar-refractivity contribution in [1.29, 1.82) is 0 Å². The number of rotatable bonds is 8. The minimum atomic E-state index is -0.546. The standard InChI is InChI=1S/C14H22BrNO3/c1-10(2)7-16-8-11(17)9-19-14-12(15)5-4-6-13(14)18-3/h4-6,10-11,16-17H,7-9H2,1-3H3. The fourth-order valence-corrected chi connectivity index (χ4v) is 2.03. The second-order valence-corrected chi connectivity index (χ2v) is 5.64. The molecule has 1 aromatic rings. The lowest BCUT2D eigenvalue weighted by atomic mass is 10.2. The highest BCUT2D eigenvalue weighted by Crippen LogP contribution is 2.34. The Kier molecular flexibility index (Phi) is 7.20. The normalized spacial score (nSPS) is 12.5. The van der Waals surface area contributed by atoms with Crippen molar-refractivity contribution in [2.24, 2.45) is 5.92 Å². The number of hydrogen-bond donors (Lipinski definition) is 2. The highest BCUT2D eigenvalue weighted by atomic mass is 79.9. The zero-order chi connectivity index (χ0) is 14.3. The lowest BCUT2D eigenvalue weighted by molar-refractivity contribution is 0.103. The maximum Gasteiger partial charge on any atom is 0.175 e. The number of ether oxygens (including phenoxy) is 2. The summed E-state index contributed by atoms with van der Waals surface area (Å²) in [5.74, 6) is 1.83. The zero-order valence-corrected chi connectivity index (χ0v) is 13.2. The molecule has 0 saturated heterocycles. The van der Waals surface area contributed by atoms with Gasteiger partial charge in [-0.3, -0.25) is 0 Å². The van der Waals surface area contributed by atoms with Gasteiger partial charge in [-0.2, -0.15) is 0 Å². The summed E-state index contributed by atoms with van der Waals surface area (Å²) >= 11 is 3.41. The average molecular weight is 332 g/mol. The summed E-state index contributed by atoms with van der Waals surface area (Å²) in [5, 5.41) is 13.0. The Balaban J connectivity index is 2.43. The van der Waals surface area contributed by atoms with Crippen LogP contribution in [0.3, 0.4) is 0 Å². The van der Waals surface area contributed by atoms with E-state index >= 15 is 0 Å². The van der Waals surface area contributed by atoms with E-state index in [2.05, 4.69) is 35.1 Å². The molecular formula is C14H22BrNO3. The van der Waals surface area contributed by atoms with Gasteiger partial charge in [0.2, 0.25) is 0 Å². The maximum atomic E-state index is 9.83. The minimum absolute atomic E-state index is 0.226. The topological polar surface area (TPSA) is 50.7 Å². The van der Waals surface area contributed by atoms with Crippen LogP contribution < -0.4 is 14.8 Å². The maximum absolute atomic E-state index is 9.83. The van der Waals surface area contributed by atoms with E-state index in [1.54, 1.807) is 7.11 Å². The molecule has 1 aromatic carbocycles. The molecule has 4 nitrogen and oxygen atoms in total. The fourth-order valence-electron chi connectivity index (χ4n) is 1.57. The van der Waals surface area contributed by atoms with Crippen LogP contribution in [0.4, 0.5) is 0 Å². The molecule has 0 aliphatic carbocycles. The molecule has 0 spiro atoms. The molecule has 1 unspecified atom stereocenters. The van der Waals surface area contributed by atoms with Crippen LogP contribution in [-0.2, 0) is 0 Å². The molecule has 0 aromatic heterocycles. The molecule has 108 valence electrons. The Hall–Kier alpha value is -0.780. The number of halogens is 1. The second-order valence-electron chi connectivity index (χ2n) is 4.79. The molecule has 0 saturated carbocycles. The summed E-state index contributed by atoms with van der Waals surface area (Å²) in [5.41, 5.74) is 0. The highest BCUT2D eigenvalue weighted by molar-refractivity contribution is 9.10. The van der Waals surface area contributed by atoms with Gasteiger partial charge in [0.25, 0.3) is 0 Å². The van der Waals surface area contributed by atoms with Crippen molar-refractivity contribution in [3.8, 4) is 11.5 Å². The van der Waals surface area contributed by atoms with Gasteiger partial charge in [-0.25, -0.2) is 0 Å². The van der Waals surface area contributed by atoms with Crippen LogP contribution in [0, 0.1) is 5.92 Å². The van der Waals surface area contributed by atoms with Crippen LogP contribution in [0.15, 0.2) is 22.7 Å². The summed E-state index contributed by atoms with van der Waals surface area (Å²) in [6.07, 6.45) is -0.546. The number of aliphatic hydroxyl groups excluding tert-OH is 1. The monoisotopic (exact) mass is 331 g/mol. The number of aliphatic hydroxyl groups is 1. The third-order valence-electron chi connectivity index (χ3n) is 2.50. The van der Waals surface area contributed by atoms with Crippen molar-refractivity contribution in [1.82, 2.24) is 5.32 Å². The van der Waals surface area contributed by atoms with Crippen LogP contribution in [0.2, 0.25) is 0 Å². The predicted octanol–water partition coefficient (Wildman–Crippen LogP) is 2.44. The lowest BCUT2D eigenvalue weighted by Crippen LogP contribution is -2.33. The Morgan fingerprint density at radius 3 is 2.68 bits per heavy atom. The molecule has 0 radical (unpaired) electrons. The van der Waals surface area contributed by atoms with Gasteiger partial charge in [0.05, 0.1) is 11.6 Å². The van der Waals surface area contributed by atoms with E-state index in [4.69, 9.17) is 9.47 Å². The number of para-hydroxylation sites is 1. The van der Waals surface area contributed by atoms with Crippen molar-refractivity contribution < 1.29 is 14.6 Å². The highest BCUT2D eigenvalue weighted by Gasteiger charge is 2.11. The number of nitrogens with one attached hydrogen (secondary N) is 1. The first-order valence-corrected chi connectivity index (χ1v) is 7.18. The average Bonchev–Trinajstić information content (AvgIpc) is 2.36. The van der Waals surface area contributed by atoms with E-state index in [0.717, 1.165) is 11.0 Å². The molecule has 1 rings (SSSR count). The summed E-state index contributed by atoms with van der Waals surface area (Å²) in [6, 6.07) is 5.57. The Labute approximate surface area is 123 Å². The molecule has 0 amide bonds. The van der Waals surface area contributed by atoms with Gasteiger partial charge in [-0.1, -0.05) is 19.9 Å². The lowest BCUT2D eigenvalue weighted by Gasteiger charge is -2.16. The molecule has 1 atom stereocenters. The molecule has 0 heterocycles. The Morgan fingerprint density at radius 2 is 2.05 bits per heavy atom. The largest absolute Gasteiger partial charge is 0.493 e. The number of hydrogen-bond acceptors (Lipinski definition) is 4. The van der Waals surface area contributed by atoms with E-state index in [1.165, 1.54) is 0 Å². The van der Waals surface area contributed by atoms with Crippen molar-refractivity contribution in [3.63, 3.8) is 0 Å². The third-order valence-corrected chi connectivity index (χ3v) is 3.13. The minimum Gasteiger partial charge on any atom is -0.493 e. The third kappa shape index (κ3) is 5.80. The van der Waals surface area contributed by atoms with Crippen LogP contribution in [-0.4, -0.2) is 38.0 Å². The predicted molar refractivity (Wildman–Crippen MR) is 79.9 cm³/mol. The summed E-state index contributed by atoms with van der Waals surface area (Å²) in [6.45, 7) is 5.88. The van der Waals surface area contributed by atoms with Crippen LogP contribution in [0.25, 0.3) is 0 Å². The smallest absolute Gasteiger partial charge is 0.175 e. The molecular weight excluding hydrogens is 310 g/mol. The van der Waals surface area contributed by atoms with Crippen molar-refractivity contribution in [2.45, 2.75) is 20.0 Å². The van der Waals surface area contributed by atoms with E-state index in [0.29, 0.717) is 24.0 Å². The molecule has 19 heavy (non-hydrogen) atoms. The van der Waals surface area contributed by atoms with Crippen LogP contribution >= 0.6 is 15.9 Å². The van der Waals surface area contributed by atoms with Gasteiger partial charge in [0.15, 0.2) is 11.5 Å². The van der Waals surface area contributed by atoms with Crippen molar-refractivity contribution >= 4 is 15.9 Å². The van der Waals surface area contributed by atoms with Crippen LogP contribution in [0.5, 0.6) is 11.5 Å². The van der Waals surface area contributed by atoms with Gasteiger partial charge in [-0.15, -0.1) is 0 Å². The van der Waals surface area contributed by atoms with E-state index in [1.807, 2.05) is 18.2 Å². The van der Waals surface area contributed by atoms with Gasteiger partial charge in [0, 0.05) is 6.54 Å². The first kappa shape index (κ1) is 16.3. The Morgan fingerprint density at radius 1 is 1.32 bits per heavy atom. The molecule has 5 heteroatoms. The quantitative estimate of drug-likeness (QED) is 0.768. The van der Waals surface area contributed by atoms with Gasteiger partial charge in [-0.05, 0) is 40.5 Å². The molecule has 0 fully saturated rings. The van der Waals surface area contributed by atoms with E-state index < -0.39 is 6.10 Å². The van der Waals surface area contributed by atoms with Gasteiger partial charge < -0.3 is 19.9 Å². The first-order valence-electron chi connectivity index (χ1n) is 6.38. The molecule has 0 aliphatic heterocycles. The summed E-state index contributed by atoms with van der Waals surface area (Å²) in [4.78, 5) is 0. The molecule has 0 aliphatic rings. The summed E-state index contributed by atoms with van der Waals surface area (Å²) in [7, 11) is 1.59.